The van der Waals surface area contributed by atoms with E-state index in [2.05, 4.69) is 9.98 Å². The van der Waals surface area contributed by atoms with Gasteiger partial charge in [0.15, 0.2) is 5.96 Å². The molecule has 2 heterocycles. The second-order valence-corrected chi connectivity index (χ2v) is 6.92. The number of imide groups is 1. The average molecular weight is 442 g/mol. The van der Waals surface area contributed by atoms with Crippen LogP contribution in [-0.4, -0.2) is 60.1 Å². The number of guanidine groups is 1. The van der Waals surface area contributed by atoms with E-state index in [1.807, 2.05) is 0 Å². The van der Waals surface area contributed by atoms with Gasteiger partial charge in [0.2, 0.25) is 0 Å². The average Bonchev–Trinajstić information content (AvgIpc) is 3.07. The number of benzene rings is 1. The molecular formula is C20H22N6O6. The largest absolute Gasteiger partial charge is 0.463 e. The Bertz CT molecular complexity index is 1080. The van der Waals surface area contributed by atoms with E-state index < -0.39 is 23.9 Å². The second kappa shape index (κ2) is 9.73. The summed E-state index contributed by atoms with van der Waals surface area (Å²) in [6.45, 7) is 0.251. The van der Waals surface area contributed by atoms with Gasteiger partial charge in [0.25, 0.3) is 11.8 Å². The lowest BCUT2D eigenvalue weighted by Crippen LogP contribution is -2.38. The third-order valence-electron chi connectivity index (χ3n) is 4.56. The maximum absolute atomic E-state index is 12.3. The number of carbonyl (C=O) groups is 4. The molecule has 0 saturated carbocycles. The summed E-state index contributed by atoms with van der Waals surface area (Å²) >= 11 is 0. The molecule has 3 rings (SSSR count). The zero-order valence-electron chi connectivity index (χ0n) is 17.3. The van der Waals surface area contributed by atoms with Crippen molar-refractivity contribution < 1.29 is 28.8 Å². The molecule has 0 unspecified atom stereocenters. The van der Waals surface area contributed by atoms with Gasteiger partial charge in [0, 0.05) is 37.2 Å². The van der Waals surface area contributed by atoms with Crippen molar-refractivity contribution in [3.63, 3.8) is 0 Å². The summed E-state index contributed by atoms with van der Waals surface area (Å²) in [6.07, 6.45) is 0.706. The highest BCUT2D eigenvalue weighted by atomic mass is 16.7. The van der Waals surface area contributed by atoms with Crippen LogP contribution >= 0.6 is 0 Å². The summed E-state index contributed by atoms with van der Waals surface area (Å²) in [5, 5.41) is 1.23. The fourth-order valence-corrected chi connectivity index (χ4v) is 2.92. The molecule has 32 heavy (non-hydrogen) atoms. The lowest BCUT2D eigenvalue weighted by molar-refractivity contribution is -0.170. The van der Waals surface area contributed by atoms with Crippen molar-refractivity contribution >= 4 is 46.4 Å². The number of hydrogen-bond acceptors (Lipinski definition) is 8. The number of ether oxygens (including phenoxy) is 1. The van der Waals surface area contributed by atoms with Crippen molar-refractivity contribution in [2.75, 3.05) is 25.1 Å². The van der Waals surface area contributed by atoms with Crippen LogP contribution in [0.1, 0.15) is 18.4 Å². The van der Waals surface area contributed by atoms with E-state index in [4.69, 9.17) is 21.0 Å². The molecule has 2 aromatic rings. The van der Waals surface area contributed by atoms with Crippen molar-refractivity contribution in [2.24, 2.45) is 16.5 Å². The standard InChI is InChI=1S/C20H22N6O6/c1-25(20(30)32-26-16(27)4-5-17(26)28)14-3-2-13-8-12(11-24-15(13)10-14)9-18(29)31-7-6-23-19(21)22/h2-3,8,10-11H,4-7,9H2,1H3,(H4,21,22,23). The van der Waals surface area contributed by atoms with Crippen LogP contribution in [0.15, 0.2) is 35.5 Å². The van der Waals surface area contributed by atoms with Gasteiger partial charge in [-0.15, -0.1) is 5.06 Å². The second-order valence-electron chi connectivity index (χ2n) is 6.92. The van der Waals surface area contributed by atoms with Crippen LogP contribution < -0.4 is 16.4 Å². The molecule has 1 aromatic carbocycles. The van der Waals surface area contributed by atoms with Crippen LogP contribution in [0.2, 0.25) is 0 Å². The number of rotatable bonds is 7. The first-order valence-electron chi connectivity index (χ1n) is 9.65. The van der Waals surface area contributed by atoms with E-state index in [0.29, 0.717) is 21.8 Å². The molecule has 1 aliphatic heterocycles. The predicted octanol–water partition coefficient (Wildman–Crippen LogP) is 0.231. The van der Waals surface area contributed by atoms with E-state index in [9.17, 15) is 19.2 Å². The lowest BCUT2D eigenvalue weighted by atomic mass is 10.1. The molecule has 0 radical (unpaired) electrons. The molecule has 12 heteroatoms. The van der Waals surface area contributed by atoms with Gasteiger partial charge < -0.3 is 21.0 Å². The number of hydroxylamine groups is 2. The van der Waals surface area contributed by atoms with Gasteiger partial charge in [-0.1, -0.05) is 6.07 Å². The molecule has 0 bridgehead atoms. The zero-order valence-corrected chi connectivity index (χ0v) is 17.3. The molecule has 1 saturated heterocycles. The molecule has 3 amide bonds. The number of esters is 1. The Balaban J connectivity index is 1.63. The normalized spacial score (nSPS) is 13.2. The first-order chi connectivity index (χ1) is 15.2. The number of nitrogens with zero attached hydrogens (tertiary/aromatic N) is 4. The molecule has 1 aliphatic rings. The topological polar surface area (TPSA) is 171 Å². The molecule has 0 spiro atoms. The Labute approximate surface area is 182 Å². The maximum atomic E-state index is 12.3. The summed E-state index contributed by atoms with van der Waals surface area (Å²) in [5.74, 6) is -1.63. The van der Waals surface area contributed by atoms with Gasteiger partial charge in [0.1, 0.15) is 6.61 Å². The highest BCUT2D eigenvalue weighted by molar-refractivity contribution is 6.02. The Morgan fingerprint density at radius 3 is 2.59 bits per heavy atom. The van der Waals surface area contributed by atoms with Crippen LogP contribution in [-0.2, 0) is 30.4 Å². The number of nitrogens with two attached hydrogens (primary N) is 2. The van der Waals surface area contributed by atoms with Gasteiger partial charge >= 0.3 is 12.1 Å². The van der Waals surface area contributed by atoms with Crippen molar-refractivity contribution in [3.05, 3.63) is 36.0 Å². The highest BCUT2D eigenvalue weighted by Gasteiger charge is 2.33. The number of fused-ring (bicyclic) bond motifs is 1. The zero-order chi connectivity index (χ0) is 23.3. The van der Waals surface area contributed by atoms with E-state index in [0.717, 1.165) is 10.3 Å². The minimum absolute atomic E-state index is 0.0157. The number of amides is 3. The van der Waals surface area contributed by atoms with Crippen LogP contribution in [0.3, 0.4) is 0 Å². The number of carbonyl (C=O) groups excluding carboxylic acids is 4. The SMILES string of the molecule is CN(C(=O)ON1C(=O)CCC1=O)c1ccc2cc(CC(=O)OCCN=C(N)N)cnc2c1. The van der Waals surface area contributed by atoms with Crippen molar-refractivity contribution in [1.29, 1.82) is 0 Å². The lowest BCUT2D eigenvalue weighted by Gasteiger charge is -2.20. The van der Waals surface area contributed by atoms with Gasteiger partial charge in [0.05, 0.1) is 18.5 Å². The van der Waals surface area contributed by atoms with Gasteiger partial charge in [-0.05, 0) is 23.8 Å². The molecule has 12 nitrogen and oxygen atoms in total. The van der Waals surface area contributed by atoms with Gasteiger partial charge in [-0.2, -0.15) is 0 Å². The van der Waals surface area contributed by atoms with Gasteiger partial charge in [-0.25, -0.2) is 4.79 Å². The molecule has 4 N–H and O–H groups in total. The minimum Gasteiger partial charge on any atom is -0.463 e. The van der Waals surface area contributed by atoms with Crippen LogP contribution in [0, 0.1) is 0 Å². The minimum atomic E-state index is -0.881. The number of hydrogen-bond donors (Lipinski definition) is 2. The summed E-state index contributed by atoms with van der Waals surface area (Å²) in [7, 11) is 1.45. The summed E-state index contributed by atoms with van der Waals surface area (Å²) in [6, 6.07) is 6.79. The molecule has 1 aromatic heterocycles. The number of anilines is 1. The van der Waals surface area contributed by atoms with E-state index in [1.165, 1.54) is 13.2 Å². The molecule has 168 valence electrons. The summed E-state index contributed by atoms with van der Waals surface area (Å²) in [5.41, 5.74) is 12.1. The Morgan fingerprint density at radius 1 is 1.19 bits per heavy atom. The number of aromatic nitrogens is 1. The fourth-order valence-electron chi connectivity index (χ4n) is 2.92. The van der Waals surface area contributed by atoms with E-state index in [-0.39, 0.29) is 38.4 Å². The van der Waals surface area contributed by atoms with E-state index >= 15 is 0 Å². The molecule has 1 fully saturated rings. The van der Waals surface area contributed by atoms with Crippen molar-refractivity contribution in [1.82, 2.24) is 10.0 Å². The summed E-state index contributed by atoms with van der Waals surface area (Å²) < 4.78 is 5.06. The van der Waals surface area contributed by atoms with Gasteiger partial charge in [-0.3, -0.25) is 29.3 Å². The third-order valence-corrected chi connectivity index (χ3v) is 4.56. The maximum Gasteiger partial charge on any atom is 0.439 e. The quantitative estimate of drug-likeness (QED) is 0.200. The van der Waals surface area contributed by atoms with Crippen LogP contribution in [0.25, 0.3) is 10.9 Å². The number of pyridine rings is 1. The number of aliphatic imine (C=N–C) groups is 1. The smallest absolute Gasteiger partial charge is 0.439 e. The van der Waals surface area contributed by atoms with Crippen molar-refractivity contribution in [2.45, 2.75) is 19.3 Å². The third kappa shape index (κ3) is 5.47. The first kappa shape index (κ1) is 22.5. The summed E-state index contributed by atoms with van der Waals surface area (Å²) in [4.78, 5) is 61.6. The molecular weight excluding hydrogens is 420 g/mol. The monoisotopic (exact) mass is 442 g/mol. The van der Waals surface area contributed by atoms with Crippen molar-refractivity contribution in [3.8, 4) is 0 Å². The van der Waals surface area contributed by atoms with Crippen LogP contribution in [0.5, 0.6) is 0 Å². The molecule has 0 aliphatic carbocycles. The predicted molar refractivity (Wildman–Crippen MR) is 113 cm³/mol. The highest BCUT2D eigenvalue weighted by Crippen LogP contribution is 2.22. The van der Waals surface area contributed by atoms with E-state index in [1.54, 1.807) is 24.3 Å². The Morgan fingerprint density at radius 2 is 1.91 bits per heavy atom. The van der Waals surface area contributed by atoms with Crippen LogP contribution in [0.4, 0.5) is 10.5 Å². The Hall–Kier alpha value is -4.22. The first-order valence-corrected chi connectivity index (χ1v) is 9.65. The fraction of sp³-hybridized carbons (Fsp3) is 0.300. The Kier molecular flexibility index (Phi) is 6.83. The molecule has 0 atom stereocenters.